The van der Waals surface area contributed by atoms with Crippen molar-refractivity contribution in [3.63, 3.8) is 0 Å². The molecule has 32 heavy (non-hydrogen) atoms. The SMILES string of the molecule is O=C1NC(=O)C(CN2Cc3ccc(OC(F)F)cc3C2=O)(c2cnc3ccc(Br)cn23)N1. The zero-order chi connectivity index (χ0) is 22.6. The standard InChI is InChI=1S/C20H14BrF2N5O4/c21-11-2-4-15-24-6-14(28(15)8-11)20(17(30)25-19(31)26-20)9-27-7-10-1-3-12(32-18(22)23)5-13(10)16(27)29/h1-6,8,18H,7,9H2,(H2,25,26,30,31). The first-order valence-corrected chi connectivity index (χ1v) is 10.2. The Kier molecular flexibility index (Phi) is 4.62. The third-order valence-electron chi connectivity index (χ3n) is 5.46. The number of carbonyl (C=O) groups excluding carboxylic acids is 3. The number of urea groups is 1. The number of hydrogen-bond donors (Lipinski definition) is 2. The van der Waals surface area contributed by atoms with Crippen LogP contribution >= 0.6 is 15.9 Å². The van der Waals surface area contributed by atoms with Crippen molar-refractivity contribution in [3.8, 4) is 5.75 Å². The lowest BCUT2D eigenvalue weighted by molar-refractivity contribution is -0.125. The normalized spacial score (nSPS) is 20.1. The van der Waals surface area contributed by atoms with Gasteiger partial charge in [0.05, 0.1) is 18.4 Å². The molecule has 1 saturated heterocycles. The first-order valence-electron chi connectivity index (χ1n) is 9.40. The van der Waals surface area contributed by atoms with Gasteiger partial charge < -0.3 is 15.0 Å². The van der Waals surface area contributed by atoms with Crippen LogP contribution in [0.4, 0.5) is 13.6 Å². The van der Waals surface area contributed by atoms with Gasteiger partial charge in [0, 0.05) is 22.8 Å². The van der Waals surface area contributed by atoms with Crippen molar-refractivity contribution < 1.29 is 27.9 Å². The molecule has 2 aromatic heterocycles. The Morgan fingerprint density at radius 2 is 2.03 bits per heavy atom. The minimum atomic E-state index is -3.02. The molecule has 1 atom stereocenters. The summed E-state index contributed by atoms with van der Waals surface area (Å²) in [6.07, 6.45) is 3.17. The van der Waals surface area contributed by atoms with Gasteiger partial charge in [-0.3, -0.25) is 19.3 Å². The number of halogens is 3. The van der Waals surface area contributed by atoms with E-state index in [1.807, 2.05) is 0 Å². The second kappa shape index (κ2) is 7.26. The predicted molar refractivity (Wildman–Crippen MR) is 109 cm³/mol. The quantitative estimate of drug-likeness (QED) is 0.518. The Morgan fingerprint density at radius 1 is 1.22 bits per heavy atom. The third kappa shape index (κ3) is 3.18. The number of rotatable bonds is 5. The summed E-state index contributed by atoms with van der Waals surface area (Å²) in [6.45, 7) is -3.08. The summed E-state index contributed by atoms with van der Waals surface area (Å²) < 4.78 is 31.8. The lowest BCUT2D eigenvalue weighted by atomic mass is 9.94. The molecule has 0 bridgehead atoms. The largest absolute Gasteiger partial charge is 0.435 e. The maximum absolute atomic E-state index is 13.0. The molecule has 0 spiro atoms. The van der Waals surface area contributed by atoms with Crippen LogP contribution in [0, 0.1) is 0 Å². The topological polar surface area (TPSA) is 105 Å². The van der Waals surface area contributed by atoms with Gasteiger partial charge in [-0.25, -0.2) is 9.78 Å². The van der Waals surface area contributed by atoms with E-state index in [0.717, 1.165) is 4.47 Å². The number of amides is 4. The van der Waals surface area contributed by atoms with E-state index < -0.39 is 30.0 Å². The van der Waals surface area contributed by atoms with Gasteiger partial charge in [-0.2, -0.15) is 8.78 Å². The van der Waals surface area contributed by atoms with Crippen LogP contribution in [-0.2, 0) is 16.9 Å². The summed E-state index contributed by atoms with van der Waals surface area (Å²) in [6, 6.07) is 6.94. The van der Waals surface area contributed by atoms with Crippen molar-refractivity contribution in [3.05, 3.63) is 64.0 Å². The molecule has 4 heterocycles. The third-order valence-corrected chi connectivity index (χ3v) is 5.93. The summed E-state index contributed by atoms with van der Waals surface area (Å²) in [4.78, 5) is 43.8. The van der Waals surface area contributed by atoms with Crippen LogP contribution in [0.15, 0.2) is 47.2 Å². The lowest BCUT2D eigenvalue weighted by Gasteiger charge is -2.30. The van der Waals surface area contributed by atoms with Crippen molar-refractivity contribution in [2.45, 2.75) is 18.7 Å². The van der Waals surface area contributed by atoms with Crippen LogP contribution in [-0.4, -0.2) is 45.3 Å². The molecule has 2 N–H and O–H groups in total. The van der Waals surface area contributed by atoms with Gasteiger partial charge >= 0.3 is 12.6 Å². The number of imidazole rings is 1. The van der Waals surface area contributed by atoms with Crippen LogP contribution in [0.1, 0.15) is 21.6 Å². The number of alkyl halides is 2. The van der Waals surface area contributed by atoms with E-state index in [1.54, 1.807) is 22.7 Å². The van der Waals surface area contributed by atoms with Crippen LogP contribution in [0.2, 0.25) is 0 Å². The van der Waals surface area contributed by atoms with Gasteiger partial charge in [-0.05, 0) is 45.8 Å². The van der Waals surface area contributed by atoms with E-state index in [1.165, 1.54) is 29.3 Å². The molecule has 2 aliphatic heterocycles. The predicted octanol–water partition coefficient (Wildman–Crippen LogP) is 2.39. The molecule has 9 nitrogen and oxygen atoms in total. The molecule has 1 fully saturated rings. The van der Waals surface area contributed by atoms with Gasteiger partial charge in [0.1, 0.15) is 11.4 Å². The van der Waals surface area contributed by atoms with Crippen LogP contribution in [0.25, 0.3) is 5.65 Å². The van der Waals surface area contributed by atoms with Crippen molar-refractivity contribution in [1.82, 2.24) is 24.9 Å². The highest BCUT2D eigenvalue weighted by molar-refractivity contribution is 9.10. The molecule has 3 aromatic rings. The average Bonchev–Trinajstić information content (AvgIpc) is 3.36. The molecule has 0 radical (unpaired) electrons. The van der Waals surface area contributed by atoms with Crippen molar-refractivity contribution in [1.29, 1.82) is 0 Å². The fourth-order valence-corrected chi connectivity index (χ4v) is 4.40. The Hall–Kier alpha value is -3.54. The number of imide groups is 1. The number of nitrogens with one attached hydrogen (secondary N) is 2. The maximum Gasteiger partial charge on any atom is 0.387 e. The minimum absolute atomic E-state index is 0.133. The zero-order valence-electron chi connectivity index (χ0n) is 16.1. The Bertz CT molecular complexity index is 1300. The molecule has 4 amide bonds. The molecule has 1 aromatic carbocycles. The van der Waals surface area contributed by atoms with Crippen molar-refractivity contribution >= 4 is 39.4 Å². The van der Waals surface area contributed by atoms with Gasteiger partial charge in [0.25, 0.3) is 11.8 Å². The molecule has 0 saturated carbocycles. The van der Waals surface area contributed by atoms with E-state index in [-0.39, 0.29) is 24.4 Å². The number of carbonyl (C=O) groups is 3. The zero-order valence-corrected chi connectivity index (χ0v) is 17.7. The first kappa shape index (κ1) is 20.4. The number of nitrogens with zero attached hydrogens (tertiary/aromatic N) is 3. The Labute approximate surface area is 187 Å². The smallest absolute Gasteiger partial charge is 0.387 e. The highest BCUT2D eigenvalue weighted by Crippen LogP contribution is 2.33. The van der Waals surface area contributed by atoms with Crippen molar-refractivity contribution in [2.24, 2.45) is 0 Å². The summed E-state index contributed by atoms with van der Waals surface area (Å²) in [5, 5.41) is 4.88. The molecule has 2 aliphatic rings. The van der Waals surface area contributed by atoms with Crippen LogP contribution < -0.4 is 15.4 Å². The molecule has 164 valence electrons. The molecular weight excluding hydrogens is 492 g/mol. The highest BCUT2D eigenvalue weighted by Gasteiger charge is 2.52. The summed E-state index contributed by atoms with van der Waals surface area (Å²) >= 11 is 3.38. The second-order valence-electron chi connectivity index (χ2n) is 7.39. The fraction of sp³-hybridized carbons (Fsp3) is 0.200. The van der Waals surface area contributed by atoms with E-state index in [4.69, 9.17) is 0 Å². The van der Waals surface area contributed by atoms with Crippen LogP contribution in [0.3, 0.4) is 0 Å². The Morgan fingerprint density at radius 3 is 2.75 bits per heavy atom. The molecule has 1 unspecified atom stereocenters. The first-order chi connectivity index (χ1) is 15.3. The maximum atomic E-state index is 13.0. The van der Waals surface area contributed by atoms with E-state index >= 15 is 0 Å². The molecule has 12 heteroatoms. The number of hydrogen-bond acceptors (Lipinski definition) is 5. The Balaban J connectivity index is 1.53. The fourth-order valence-electron chi connectivity index (χ4n) is 4.07. The van der Waals surface area contributed by atoms with Gasteiger partial charge in [0.2, 0.25) is 0 Å². The number of aromatic nitrogens is 2. The minimum Gasteiger partial charge on any atom is -0.435 e. The average molecular weight is 506 g/mol. The summed E-state index contributed by atoms with van der Waals surface area (Å²) in [5.41, 5.74) is 0.0994. The summed E-state index contributed by atoms with van der Waals surface area (Å²) in [5.74, 6) is -1.24. The van der Waals surface area contributed by atoms with E-state index in [2.05, 4.69) is 36.3 Å². The monoisotopic (exact) mass is 505 g/mol. The van der Waals surface area contributed by atoms with Gasteiger partial charge in [-0.1, -0.05) is 6.07 Å². The van der Waals surface area contributed by atoms with Gasteiger partial charge in [0.15, 0.2) is 5.54 Å². The van der Waals surface area contributed by atoms with Crippen molar-refractivity contribution in [2.75, 3.05) is 6.54 Å². The number of benzene rings is 1. The lowest BCUT2D eigenvalue weighted by Crippen LogP contribution is -2.53. The van der Waals surface area contributed by atoms with Gasteiger partial charge in [-0.15, -0.1) is 0 Å². The van der Waals surface area contributed by atoms with Crippen LogP contribution in [0.5, 0.6) is 5.75 Å². The number of pyridine rings is 1. The van der Waals surface area contributed by atoms with E-state index in [9.17, 15) is 23.2 Å². The molecular formula is C20H14BrF2N5O4. The second-order valence-corrected chi connectivity index (χ2v) is 8.31. The highest BCUT2D eigenvalue weighted by atomic mass is 79.9. The number of fused-ring (bicyclic) bond motifs is 2. The molecule has 5 rings (SSSR count). The van der Waals surface area contributed by atoms with E-state index in [0.29, 0.717) is 16.9 Å². The molecule has 0 aliphatic carbocycles. The number of ether oxygens (including phenoxy) is 1. The summed E-state index contributed by atoms with van der Waals surface area (Å²) in [7, 11) is 0.